The molecule has 0 fully saturated rings. The Morgan fingerprint density at radius 3 is 2.39 bits per heavy atom. The Bertz CT molecular complexity index is 876. The number of unbranched alkanes of at least 4 members (excludes halogenated alkanes) is 5. The van der Waals surface area contributed by atoms with E-state index in [0.717, 1.165) is 18.4 Å². The number of anilines is 1. The van der Waals surface area contributed by atoms with Crippen molar-refractivity contribution in [2.24, 2.45) is 10.3 Å². The quantitative estimate of drug-likeness (QED) is 0.217. The number of carboxylic acids is 1. The summed E-state index contributed by atoms with van der Waals surface area (Å²) in [5, 5.41) is 10.9. The third-order valence-electron chi connectivity index (χ3n) is 4.39. The van der Waals surface area contributed by atoms with Crippen LogP contribution in [0.15, 0.2) is 28.7 Å². The van der Waals surface area contributed by atoms with Crippen LogP contribution in [0.25, 0.3) is 0 Å². The zero-order valence-corrected chi connectivity index (χ0v) is 19.9. The van der Waals surface area contributed by atoms with Gasteiger partial charge in [0.15, 0.2) is 0 Å². The minimum atomic E-state index is -4.00. The number of nitrogens with zero attached hydrogens (tertiary/aromatic N) is 2. The van der Waals surface area contributed by atoms with Crippen molar-refractivity contribution in [3.05, 3.63) is 29.8 Å². The highest BCUT2D eigenvalue weighted by Crippen LogP contribution is 2.13. The molecule has 0 spiro atoms. The highest BCUT2D eigenvalue weighted by Gasteiger charge is 2.18. The number of benzene rings is 1. The Hall–Kier alpha value is -2.37. The van der Waals surface area contributed by atoms with E-state index < -0.39 is 22.1 Å². The van der Waals surface area contributed by atoms with E-state index in [1.54, 1.807) is 24.3 Å². The molecule has 0 saturated carbocycles. The fourth-order valence-electron chi connectivity index (χ4n) is 3.03. The Labute approximate surface area is 187 Å². The molecule has 0 radical (unpaired) electrons. The number of nitrogens with one attached hydrogen (secondary N) is 1. The molecule has 0 amide bonds. The summed E-state index contributed by atoms with van der Waals surface area (Å²) in [6, 6.07) is 6.76. The molecule has 0 aliphatic heterocycles. The normalized spacial score (nSPS) is 12.9. The smallest absolute Gasteiger partial charge is 0.341 e. The largest absolute Gasteiger partial charge is 0.550 e. The van der Waals surface area contributed by atoms with Gasteiger partial charge in [0.2, 0.25) is 0 Å². The summed E-state index contributed by atoms with van der Waals surface area (Å²) in [5.74, 6) is 4.43. The van der Waals surface area contributed by atoms with Gasteiger partial charge in [-0.15, -0.1) is 0 Å². The summed E-state index contributed by atoms with van der Waals surface area (Å²) < 4.78 is 31.0. The molecule has 0 aliphatic rings. The number of carboxylic acid groups (broad SMARTS) is 1. The lowest BCUT2D eigenvalue weighted by Crippen LogP contribution is -2.41. The summed E-state index contributed by atoms with van der Waals surface area (Å²) in [6.07, 6.45) is 7.76. The molecule has 0 bridgehead atoms. The minimum Gasteiger partial charge on any atom is -0.550 e. The van der Waals surface area contributed by atoms with Gasteiger partial charge >= 0.3 is 10.2 Å². The average molecular weight is 450 g/mol. The van der Waals surface area contributed by atoms with Gasteiger partial charge in [-0.1, -0.05) is 44.4 Å². The molecule has 1 N–H and O–H groups in total. The van der Waals surface area contributed by atoms with E-state index >= 15 is 0 Å². The SMILES string of the molecule is CCCCCCCC#Cc1ccc(NS(=O)(=O)/N=C/C(CC(=O)[O-])C[N+](C)(C)C)cc1. The number of quaternary nitrogens is 1. The molecule has 7 nitrogen and oxygen atoms in total. The van der Waals surface area contributed by atoms with Crippen LogP contribution in [-0.2, 0) is 15.0 Å². The lowest BCUT2D eigenvalue weighted by atomic mass is 10.1. The van der Waals surface area contributed by atoms with Crippen LogP contribution in [0, 0.1) is 17.8 Å². The first-order valence-corrected chi connectivity index (χ1v) is 12.1. The molecule has 0 aliphatic carbocycles. The van der Waals surface area contributed by atoms with E-state index in [9.17, 15) is 18.3 Å². The maximum atomic E-state index is 12.3. The number of carbonyl (C=O) groups is 1. The van der Waals surface area contributed by atoms with Crippen molar-refractivity contribution in [1.82, 2.24) is 0 Å². The third kappa shape index (κ3) is 13.5. The van der Waals surface area contributed by atoms with E-state index in [1.165, 1.54) is 31.9 Å². The molecule has 172 valence electrons. The molecular weight excluding hydrogens is 414 g/mol. The topological polar surface area (TPSA) is 98.7 Å². The predicted molar refractivity (Wildman–Crippen MR) is 124 cm³/mol. The maximum absolute atomic E-state index is 12.3. The first-order valence-electron chi connectivity index (χ1n) is 10.7. The summed E-state index contributed by atoms with van der Waals surface area (Å²) in [5.41, 5.74) is 1.18. The van der Waals surface area contributed by atoms with Crippen molar-refractivity contribution in [3.8, 4) is 11.8 Å². The Morgan fingerprint density at radius 2 is 1.81 bits per heavy atom. The van der Waals surface area contributed by atoms with Gasteiger partial charge in [0.05, 0.1) is 33.4 Å². The van der Waals surface area contributed by atoms with Crippen LogP contribution in [0.4, 0.5) is 5.69 Å². The number of hydrogen-bond donors (Lipinski definition) is 1. The van der Waals surface area contributed by atoms with Crippen LogP contribution in [0.1, 0.15) is 57.4 Å². The van der Waals surface area contributed by atoms with E-state index in [4.69, 9.17) is 0 Å². The zero-order chi connectivity index (χ0) is 23.3. The second-order valence-corrected chi connectivity index (χ2v) is 10.0. The fourth-order valence-corrected chi connectivity index (χ4v) is 3.85. The average Bonchev–Trinajstić information content (AvgIpc) is 2.65. The molecule has 31 heavy (non-hydrogen) atoms. The van der Waals surface area contributed by atoms with Crippen LogP contribution in [0.5, 0.6) is 0 Å². The Kier molecular flexibility index (Phi) is 11.3. The number of carbonyl (C=O) groups excluding carboxylic acids is 1. The van der Waals surface area contributed by atoms with Gasteiger partial charge < -0.3 is 14.4 Å². The number of hydrogen-bond acceptors (Lipinski definition) is 4. The summed E-state index contributed by atoms with van der Waals surface area (Å²) in [4.78, 5) is 10.9. The van der Waals surface area contributed by atoms with Gasteiger partial charge in [0.1, 0.15) is 0 Å². The van der Waals surface area contributed by atoms with Gasteiger partial charge in [-0.2, -0.15) is 12.8 Å². The predicted octanol–water partition coefficient (Wildman–Crippen LogP) is 2.59. The molecule has 1 atom stereocenters. The van der Waals surface area contributed by atoms with Crippen LogP contribution >= 0.6 is 0 Å². The third-order valence-corrected chi connectivity index (χ3v) is 5.28. The van der Waals surface area contributed by atoms with Gasteiger partial charge in [-0.05, 0) is 30.7 Å². The highest BCUT2D eigenvalue weighted by molar-refractivity contribution is 7.91. The minimum absolute atomic E-state index is 0.291. The first kappa shape index (κ1) is 26.7. The summed E-state index contributed by atoms with van der Waals surface area (Å²) in [6.45, 7) is 2.61. The van der Waals surface area contributed by atoms with E-state index in [0.29, 0.717) is 16.7 Å². The Balaban J connectivity index is 2.66. The van der Waals surface area contributed by atoms with E-state index in [-0.39, 0.29) is 6.42 Å². The standard InChI is InChI=1S/C23H35N3O4S/c1-5-6-7-8-9-10-11-12-20-13-15-22(16-14-20)25-31(29,30)24-18-21(17-23(27)28)19-26(2,3)4/h13-16,18,21,25H,5-10,17,19H2,1-4H3/b24-18+. The molecule has 8 heteroatoms. The van der Waals surface area contributed by atoms with Crippen LogP contribution in [-0.4, -0.2) is 52.8 Å². The molecule has 1 rings (SSSR count). The second-order valence-electron chi connectivity index (χ2n) is 8.68. The molecule has 0 saturated heterocycles. The van der Waals surface area contributed by atoms with Crippen LogP contribution in [0.3, 0.4) is 0 Å². The zero-order valence-electron chi connectivity index (χ0n) is 19.1. The lowest BCUT2D eigenvalue weighted by molar-refractivity contribution is -0.872. The number of aliphatic carboxylic acids is 1. The van der Waals surface area contributed by atoms with Crippen molar-refractivity contribution in [2.75, 3.05) is 32.4 Å². The molecule has 1 aromatic rings. The van der Waals surface area contributed by atoms with Gasteiger partial charge in [-0.3, -0.25) is 4.72 Å². The molecular formula is C23H35N3O4S. The Morgan fingerprint density at radius 1 is 1.16 bits per heavy atom. The van der Waals surface area contributed by atoms with Crippen molar-refractivity contribution in [2.45, 2.75) is 51.9 Å². The van der Waals surface area contributed by atoms with Crippen LogP contribution in [0.2, 0.25) is 0 Å². The first-order chi connectivity index (χ1) is 14.5. The molecule has 1 unspecified atom stereocenters. The lowest BCUT2D eigenvalue weighted by Gasteiger charge is -2.27. The fraction of sp³-hybridized carbons (Fsp3) is 0.565. The van der Waals surface area contributed by atoms with Crippen molar-refractivity contribution in [1.29, 1.82) is 0 Å². The monoisotopic (exact) mass is 449 g/mol. The van der Waals surface area contributed by atoms with Gasteiger partial charge in [-0.25, -0.2) is 0 Å². The second kappa shape index (κ2) is 13.1. The van der Waals surface area contributed by atoms with Crippen molar-refractivity contribution in [3.63, 3.8) is 0 Å². The highest BCUT2D eigenvalue weighted by atomic mass is 32.2. The van der Waals surface area contributed by atoms with Gasteiger partial charge in [0, 0.05) is 36.5 Å². The van der Waals surface area contributed by atoms with Crippen molar-refractivity contribution < 1.29 is 22.8 Å². The molecule has 0 aromatic heterocycles. The molecule has 1 aromatic carbocycles. The van der Waals surface area contributed by atoms with E-state index in [1.807, 2.05) is 21.1 Å². The number of rotatable bonds is 13. The molecule has 0 heterocycles. The van der Waals surface area contributed by atoms with Crippen molar-refractivity contribution >= 4 is 28.1 Å². The van der Waals surface area contributed by atoms with E-state index in [2.05, 4.69) is 27.9 Å². The summed E-state index contributed by atoms with van der Waals surface area (Å²) >= 11 is 0. The summed E-state index contributed by atoms with van der Waals surface area (Å²) in [7, 11) is 1.66. The van der Waals surface area contributed by atoms with Gasteiger partial charge in [0.25, 0.3) is 0 Å². The van der Waals surface area contributed by atoms with Crippen LogP contribution < -0.4 is 9.83 Å². The maximum Gasteiger partial charge on any atom is 0.341 e.